The van der Waals surface area contributed by atoms with Crippen LogP contribution in [0.5, 0.6) is 0 Å². The molecule has 3 aromatic rings. The van der Waals surface area contributed by atoms with E-state index in [0.29, 0.717) is 13.0 Å². The number of hydrogen-bond donors (Lipinski definition) is 2. The Morgan fingerprint density at radius 2 is 1.75 bits per heavy atom. The van der Waals surface area contributed by atoms with Gasteiger partial charge in [0.25, 0.3) is 0 Å². The first kappa shape index (κ1) is 45.9. The van der Waals surface area contributed by atoms with Gasteiger partial charge in [0.15, 0.2) is 17.7 Å². The lowest BCUT2D eigenvalue weighted by Gasteiger charge is -2.47. The number of carbonyl (C=O) groups is 4. The third kappa shape index (κ3) is 10.0. The number of ketones is 2. The predicted octanol–water partition coefficient (Wildman–Crippen LogP) is 6.08. The number of para-hydroxylation sites is 1. The second-order valence-electron chi connectivity index (χ2n) is 17.7. The van der Waals surface area contributed by atoms with E-state index in [1.807, 2.05) is 73.5 Å². The molecule has 330 valence electrons. The number of likely N-dealkylation sites (N-methyl/N-ethyl adjacent to an activating group) is 1. The average Bonchev–Trinajstić information content (AvgIpc) is 3.56. The molecule has 0 saturated carbocycles. The van der Waals surface area contributed by atoms with E-state index in [2.05, 4.69) is 15.3 Å². The highest BCUT2D eigenvalue weighted by molar-refractivity contribution is 6.00. The van der Waals surface area contributed by atoms with E-state index in [1.54, 1.807) is 60.1 Å². The number of benzene rings is 1. The standard InChI is InChI=1S/C47H62N4O10/c1-10-37-47(8)41(50-45(56)61-47)29(4)38(52)27(2)23-46(7,57-20-14-16-32-22-34-17-11-12-18-35(34)49-25-32)42(30(5)39(53)31(6)43(55)59-37)60-44-40(54)36(21-28(3)58-44)51(9)26-33-15-13-19-48-24-33/h11-19,22,24-25,27-31,36-37,40-42,44,54H,10,20-21,23,26H2,1-9H3,(H,50,56)/b16-14+/t27-,28-,29+,30+,31-,36+,37-,40-,41-,42-,44?,46+,47-/m1/s1. The van der Waals surface area contributed by atoms with Crippen LogP contribution in [0.1, 0.15) is 85.8 Å². The average molecular weight is 843 g/mol. The number of carbonyl (C=O) groups excluding carboxylic acids is 4. The van der Waals surface area contributed by atoms with E-state index in [9.17, 15) is 24.3 Å². The molecule has 0 spiro atoms. The molecule has 5 heterocycles. The quantitative estimate of drug-likeness (QED) is 0.178. The Morgan fingerprint density at radius 3 is 2.48 bits per heavy atom. The van der Waals surface area contributed by atoms with Crippen molar-refractivity contribution in [3.05, 3.63) is 78.3 Å². The molecule has 3 aliphatic heterocycles. The summed E-state index contributed by atoms with van der Waals surface area (Å²) in [6, 6.07) is 12.4. The number of nitrogens with zero attached hydrogens (tertiary/aromatic N) is 3. The molecule has 6 rings (SSSR count). The van der Waals surface area contributed by atoms with Crippen LogP contribution < -0.4 is 5.32 Å². The van der Waals surface area contributed by atoms with Crippen LogP contribution >= 0.6 is 0 Å². The van der Waals surface area contributed by atoms with Crippen LogP contribution in [-0.2, 0) is 44.6 Å². The van der Waals surface area contributed by atoms with Crippen molar-refractivity contribution < 1.29 is 48.0 Å². The molecule has 3 aliphatic rings. The predicted molar refractivity (Wildman–Crippen MR) is 228 cm³/mol. The van der Waals surface area contributed by atoms with E-state index in [1.165, 1.54) is 6.92 Å². The van der Waals surface area contributed by atoms with Crippen molar-refractivity contribution in [1.82, 2.24) is 20.2 Å². The minimum atomic E-state index is -1.39. The third-order valence-corrected chi connectivity index (χ3v) is 12.9. The van der Waals surface area contributed by atoms with Crippen molar-refractivity contribution >= 4 is 40.6 Å². The van der Waals surface area contributed by atoms with Crippen molar-refractivity contribution in [3.63, 3.8) is 0 Å². The van der Waals surface area contributed by atoms with Crippen molar-refractivity contribution in [1.29, 1.82) is 0 Å². The number of aliphatic hydroxyl groups is 1. The van der Waals surface area contributed by atoms with Gasteiger partial charge in [-0.3, -0.25) is 29.3 Å². The highest BCUT2D eigenvalue weighted by atomic mass is 16.7. The van der Waals surface area contributed by atoms with E-state index >= 15 is 0 Å². The van der Waals surface area contributed by atoms with Crippen molar-refractivity contribution in [2.75, 3.05) is 13.7 Å². The zero-order valence-electron chi connectivity index (χ0n) is 36.8. The molecular weight excluding hydrogens is 781 g/mol. The van der Waals surface area contributed by atoms with Gasteiger partial charge in [-0.05, 0) is 83.3 Å². The van der Waals surface area contributed by atoms with Gasteiger partial charge in [0, 0.05) is 54.3 Å². The highest BCUT2D eigenvalue weighted by Crippen LogP contribution is 2.40. The molecule has 1 aromatic carbocycles. The summed E-state index contributed by atoms with van der Waals surface area (Å²) in [5.74, 6) is -5.25. The number of hydrogen-bond acceptors (Lipinski definition) is 13. The van der Waals surface area contributed by atoms with Gasteiger partial charge in [-0.1, -0.05) is 64.1 Å². The normalized spacial score (nSPS) is 35.4. The molecule has 14 heteroatoms. The number of rotatable bonds is 10. The Balaban J connectivity index is 1.37. The van der Waals surface area contributed by atoms with Crippen LogP contribution in [0.3, 0.4) is 0 Å². The topological polar surface area (TPSA) is 176 Å². The van der Waals surface area contributed by atoms with Crippen molar-refractivity contribution in [3.8, 4) is 0 Å². The number of Topliss-reactive ketones (excluding diaryl/α,β-unsaturated/α-hetero) is 2. The lowest BCUT2D eigenvalue weighted by atomic mass is 9.73. The molecule has 14 nitrogen and oxygen atoms in total. The molecule has 1 amide bonds. The number of aliphatic hydroxyl groups excluding tert-OH is 1. The Kier molecular flexibility index (Phi) is 14.5. The minimum absolute atomic E-state index is 0.0435. The Morgan fingerprint density at radius 1 is 1.00 bits per heavy atom. The van der Waals surface area contributed by atoms with Crippen LogP contribution in [0.2, 0.25) is 0 Å². The summed E-state index contributed by atoms with van der Waals surface area (Å²) in [5.41, 5.74) is -0.100. The molecule has 0 aliphatic carbocycles. The molecule has 3 saturated heterocycles. The van der Waals surface area contributed by atoms with Crippen LogP contribution in [0.15, 0.2) is 67.1 Å². The number of esters is 1. The molecule has 1 unspecified atom stereocenters. The van der Waals surface area contributed by atoms with Gasteiger partial charge in [0.2, 0.25) is 0 Å². The van der Waals surface area contributed by atoms with Gasteiger partial charge in [0.05, 0.1) is 36.0 Å². The van der Waals surface area contributed by atoms with Gasteiger partial charge in [-0.25, -0.2) is 4.79 Å². The van der Waals surface area contributed by atoms with Crippen LogP contribution in [0.4, 0.5) is 4.79 Å². The van der Waals surface area contributed by atoms with Crippen LogP contribution in [0.25, 0.3) is 17.0 Å². The fourth-order valence-corrected chi connectivity index (χ4v) is 9.55. The molecule has 13 atom stereocenters. The highest BCUT2D eigenvalue weighted by Gasteiger charge is 2.57. The lowest BCUT2D eigenvalue weighted by Crippen LogP contribution is -2.60. The smallest absolute Gasteiger partial charge is 0.408 e. The first-order chi connectivity index (χ1) is 28.9. The number of cyclic esters (lactones) is 1. The fourth-order valence-electron chi connectivity index (χ4n) is 9.55. The number of fused-ring (bicyclic) bond motifs is 2. The molecule has 2 N–H and O–H groups in total. The molecule has 3 fully saturated rings. The number of amides is 1. The lowest BCUT2D eigenvalue weighted by molar-refractivity contribution is -0.297. The van der Waals surface area contributed by atoms with Gasteiger partial charge < -0.3 is 34.1 Å². The second kappa shape index (κ2) is 19.2. The number of pyridine rings is 2. The fraction of sp³-hybridized carbons (Fsp3) is 0.574. The number of ether oxygens (including phenoxy) is 5. The molecule has 0 radical (unpaired) electrons. The zero-order valence-corrected chi connectivity index (χ0v) is 36.8. The molecule has 2 aromatic heterocycles. The summed E-state index contributed by atoms with van der Waals surface area (Å²) in [7, 11) is 1.92. The summed E-state index contributed by atoms with van der Waals surface area (Å²) in [4.78, 5) is 66.8. The van der Waals surface area contributed by atoms with Crippen LogP contribution in [0, 0.1) is 23.7 Å². The second-order valence-corrected chi connectivity index (χ2v) is 17.7. The summed E-state index contributed by atoms with van der Waals surface area (Å²) in [6.45, 7) is 14.4. The number of aromatic nitrogens is 2. The molecule has 61 heavy (non-hydrogen) atoms. The van der Waals surface area contributed by atoms with Gasteiger partial charge in [-0.15, -0.1) is 0 Å². The first-order valence-corrected chi connectivity index (χ1v) is 21.5. The maximum Gasteiger partial charge on any atom is 0.408 e. The SMILES string of the molecule is CC[C@H]1OC(=O)[C@H](C)C(=O)[C@H](C)[C@@H](OC2O[C@H](C)C[C@H](N(C)Cc3cccnc3)[C@H]2O)[C@@](C)(OC/C=C/c2cnc3ccccc3c2)C[C@@H](C)C(=O)[C@H](C)[C@H]2NC(=O)O[C@@]21C. The summed E-state index contributed by atoms with van der Waals surface area (Å²) < 4.78 is 31.8. The summed E-state index contributed by atoms with van der Waals surface area (Å²) in [5, 5.41) is 15.8. The Hall–Kier alpha value is -4.60. The van der Waals surface area contributed by atoms with E-state index in [4.69, 9.17) is 23.7 Å². The van der Waals surface area contributed by atoms with Crippen molar-refractivity contribution in [2.24, 2.45) is 23.7 Å². The van der Waals surface area contributed by atoms with Crippen LogP contribution in [-0.4, -0.2) is 111 Å². The van der Waals surface area contributed by atoms with Gasteiger partial charge in [0.1, 0.15) is 23.9 Å². The molecular formula is C47H62N4O10. The van der Waals surface area contributed by atoms with Gasteiger partial charge in [-0.2, -0.15) is 0 Å². The largest absolute Gasteiger partial charge is 0.458 e. The van der Waals surface area contributed by atoms with Crippen molar-refractivity contribution in [2.45, 2.75) is 135 Å². The monoisotopic (exact) mass is 842 g/mol. The Labute approximate surface area is 358 Å². The summed E-state index contributed by atoms with van der Waals surface area (Å²) in [6.07, 6.45) is 4.26. The van der Waals surface area contributed by atoms with E-state index < -0.39 is 89.4 Å². The van der Waals surface area contributed by atoms with E-state index in [0.717, 1.165) is 22.0 Å². The minimum Gasteiger partial charge on any atom is -0.458 e. The molecule has 0 bridgehead atoms. The summed E-state index contributed by atoms with van der Waals surface area (Å²) >= 11 is 0. The number of nitrogens with one attached hydrogen (secondary N) is 1. The number of alkyl carbamates (subject to hydrolysis) is 1. The third-order valence-electron chi connectivity index (χ3n) is 12.9. The Bertz CT molecular complexity index is 2070. The first-order valence-electron chi connectivity index (χ1n) is 21.5. The van der Waals surface area contributed by atoms with E-state index in [-0.39, 0.29) is 31.3 Å². The maximum atomic E-state index is 14.6. The van der Waals surface area contributed by atoms with Gasteiger partial charge >= 0.3 is 12.1 Å². The maximum absolute atomic E-state index is 14.6. The zero-order chi connectivity index (χ0) is 44.2.